The number of nitrogens with zero attached hydrogens (tertiary/aromatic N) is 3. The minimum Gasteiger partial charge on any atom is -0.478 e. The van der Waals surface area contributed by atoms with Crippen LogP contribution in [0.5, 0.6) is 0 Å². The summed E-state index contributed by atoms with van der Waals surface area (Å²) in [4.78, 5) is 21.3. The first-order valence-corrected chi connectivity index (χ1v) is 6.74. The van der Waals surface area contributed by atoms with Crippen molar-refractivity contribution in [3.63, 3.8) is 0 Å². The minimum atomic E-state index is -1.06. The van der Waals surface area contributed by atoms with Crippen molar-refractivity contribution in [1.29, 1.82) is 0 Å². The summed E-state index contributed by atoms with van der Waals surface area (Å²) in [6.45, 7) is 2.46. The molecule has 5 nitrogen and oxygen atoms in total. The highest BCUT2D eigenvalue weighted by Crippen LogP contribution is 2.27. The number of hydrogen-bond donors (Lipinski definition) is 1. The Morgan fingerprint density at radius 1 is 1.58 bits per heavy atom. The lowest BCUT2D eigenvalue weighted by Crippen LogP contribution is -2.19. The molecule has 0 aromatic carbocycles. The van der Waals surface area contributed by atoms with Gasteiger partial charge in [0.15, 0.2) is 0 Å². The molecule has 0 unspecified atom stereocenters. The molecule has 0 radical (unpaired) electrons. The zero-order valence-corrected chi connectivity index (χ0v) is 12.0. The number of carbonyl (C=O) groups is 1. The molecule has 0 amide bonds. The SMILES string of the molecule is Cc1nc(CN(C)c2nccc(C(=O)O)c2Cl)cs1. The fourth-order valence-electron chi connectivity index (χ4n) is 1.66. The van der Waals surface area contributed by atoms with Gasteiger partial charge in [0.2, 0.25) is 0 Å². The summed E-state index contributed by atoms with van der Waals surface area (Å²) >= 11 is 7.64. The highest BCUT2D eigenvalue weighted by molar-refractivity contribution is 7.09. The van der Waals surface area contributed by atoms with E-state index in [0.29, 0.717) is 12.4 Å². The van der Waals surface area contributed by atoms with Gasteiger partial charge in [-0.25, -0.2) is 14.8 Å². The lowest BCUT2D eigenvalue weighted by molar-refractivity contribution is 0.0697. The van der Waals surface area contributed by atoms with Crippen LogP contribution in [0, 0.1) is 6.92 Å². The molecular formula is C12H12ClN3O2S. The van der Waals surface area contributed by atoms with Gasteiger partial charge in [-0.2, -0.15) is 0 Å². The Hall–Kier alpha value is -1.66. The highest BCUT2D eigenvalue weighted by atomic mass is 35.5. The first kappa shape index (κ1) is 13.8. The highest BCUT2D eigenvalue weighted by Gasteiger charge is 2.16. The second-order valence-electron chi connectivity index (χ2n) is 4.02. The summed E-state index contributed by atoms with van der Waals surface area (Å²) in [6.07, 6.45) is 1.44. The van der Waals surface area contributed by atoms with E-state index in [1.165, 1.54) is 12.3 Å². The van der Waals surface area contributed by atoms with Gasteiger partial charge in [-0.05, 0) is 13.0 Å². The second kappa shape index (κ2) is 5.54. The van der Waals surface area contributed by atoms with Crippen LogP contribution >= 0.6 is 22.9 Å². The lowest BCUT2D eigenvalue weighted by atomic mass is 10.2. The van der Waals surface area contributed by atoms with Gasteiger partial charge in [0.25, 0.3) is 0 Å². The molecule has 0 atom stereocenters. The van der Waals surface area contributed by atoms with Gasteiger partial charge in [0.05, 0.1) is 27.8 Å². The monoisotopic (exact) mass is 297 g/mol. The predicted molar refractivity (Wildman–Crippen MR) is 75.2 cm³/mol. The maximum atomic E-state index is 11.0. The summed E-state index contributed by atoms with van der Waals surface area (Å²) in [6, 6.07) is 1.38. The quantitative estimate of drug-likeness (QED) is 0.940. The Morgan fingerprint density at radius 3 is 2.89 bits per heavy atom. The number of carboxylic acid groups (broad SMARTS) is 1. The Balaban J connectivity index is 2.26. The average Bonchev–Trinajstić information content (AvgIpc) is 2.74. The van der Waals surface area contributed by atoms with Crippen LogP contribution in [0.3, 0.4) is 0 Å². The number of aromatic carboxylic acids is 1. The molecule has 0 aliphatic rings. The zero-order valence-electron chi connectivity index (χ0n) is 10.4. The number of halogens is 1. The largest absolute Gasteiger partial charge is 0.478 e. The maximum absolute atomic E-state index is 11.0. The van der Waals surface area contributed by atoms with Crippen LogP contribution in [0.4, 0.5) is 5.82 Å². The number of anilines is 1. The van der Waals surface area contributed by atoms with Gasteiger partial charge < -0.3 is 10.0 Å². The van der Waals surface area contributed by atoms with Gasteiger partial charge in [-0.3, -0.25) is 0 Å². The van der Waals surface area contributed by atoms with Crippen LogP contribution in [0.15, 0.2) is 17.6 Å². The molecule has 0 aliphatic heterocycles. The van der Waals surface area contributed by atoms with Crippen molar-refractivity contribution in [2.24, 2.45) is 0 Å². The van der Waals surface area contributed by atoms with Crippen LogP contribution in [0.2, 0.25) is 5.02 Å². The van der Waals surface area contributed by atoms with E-state index < -0.39 is 5.97 Å². The number of pyridine rings is 1. The van der Waals surface area contributed by atoms with Gasteiger partial charge in [-0.1, -0.05) is 11.6 Å². The molecule has 100 valence electrons. The number of thiazole rings is 1. The van der Waals surface area contributed by atoms with E-state index in [1.54, 1.807) is 23.3 Å². The number of carboxylic acids is 1. The summed E-state index contributed by atoms with van der Waals surface area (Å²) in [5, 5.41) is 12.1. The van der Waals surface area contributed by atoms with E-state index in [2.05, 4.69) is 9.97 Å². The predicted octanol–water partition coefficient (Wildman–Crippen LogP) is 2.83. The van der Waals surface area contributed by atoms with Crippen LogP contribution in [-0.4, -0.2) is 28.1 Å². The summed E-state index contributed by atoms with van der Waals surface area (Å²) < 4.78 is 0. The molecule has 0 saturated carbocycles. The third kappa shape index (κ3) is 3.02. The second-order valence-corrected chi connectivity index (χ2v) is 5.46. The molecule has 0 aliphatic carbocycles. The Kier molecular flexibility index (Phi) is 4.01. The number of hydrogen-bond acceptors (Lipinski definition) is 5. The molecule has 1 N–H and O–H groups in total. The van der Waals surface area contributed by atoms with E-state index >= 15 is 0 Å². The number of rotatable bonds is 4. The Labute approximate surface area is 119 Å². The normalized spacial score (nSPS) is 10.5. The van der Waals surface area contributed by atoms with Crippen LogP contribution in [0.25, 0.3) is 0 Å². The van der Waals surface area contributed by atoms with E-state index in [0.717, 1.165) is 10.7 Å². The Bertz CT molecular complexity index is 615. The zero-order chi connectivity index (χ0) is 14.0. The third-order valence-electron chi connectivity index (χ3n) is 2.53. The molecular weight excluding hydrogens is 286 g/mol. The maximum Gasteiger partial charge on any atom is 0.337 e. The third-order valence-corrected chi connectivity index (χ3v) is 3.72. The van der Waals surface area contributed by atoms with E-state index in [4.69, 9.17) is 16.7 Å². The summed E-state index contributed by atoms with van der Waals surface area (Å²) in [5.41, 5.74) is 0.955. The van der Waals surface area contributed by atoms with Crippen molar-refractivity contribution >= 4 is 34.7 Å². The van der Waals surface area contributed by atoms with Crippen molar-refractivity contribution in [3.05, 3.63) is 38.9 Å². The number of aryl methyl sites for hydroxylation is 1. The molecule has 0 spiro atoms. The van der Waals surface area contributed by atoms with E-state index in [-0.39, 0.29) is 10.6 Å². The average molecular weight is 298 g/mol. The van der Waals surface area contributed by atoms with E-state index in [1.807, 2.05) is 12.3 Å². The fourth-order valence-corrected chi connectivity index (χ4v) is 2.60. The van der Waals surface area contributed by atoms with Crippen LogP contribution in [0.1, 0.15) is 21.1 Å². The molecule has 0 saturated heterocycles. The molecule has 2 heterocycles. The molecule has 2 aromatic rings. The van der Waals surface area contributed by atoms with Crippen molar-refractivity contribution < 1.29 is 9.90 Å². The topological polar surface area (TPSA) is 66.3 Å². The first-order chi connectivity index (χ1) is 8.99. The fraction of sp³-hybridized carbons (Fsp3) is 0.250. The van der Waals surface area contributed by atoms with Crippen LogP contribution in [-0.2, 0) is 6.54 Å². The van der Waals surface area contributed by atoms with Crippen molar-refractivity contribution in [2.45, 2.75) is 13.5 Å². The minimum absolute atomic E-state index is 0.0491. The Morgan fingerprint density at radius 2 is 2.32 bits per heavy atom. The molecule has 19 heavy (non-hydrogen) atoms. The van der Waals surface area contributed by atoms with Gasteiger partial charge >= 0.3 is 5.97 Å². The standard InChI is InChI=1S/C12H12ClN3O2S/c1-7-15-8(6-19-7)5-16(2)11-10(13)9(12(17)18)3-4-14-11/h3-4,6H,5H2,1-2H3,(H,17,18). The lowest BCUT2D eigenvalue weighted by Gasteiger charge is -2.18. The van der Waals surface area contributed by atoms with Crippen molar-refractivity contribution in [2.75, 3.05) is 11.9 Å². The van der Waals surface area contributed by atoms with Gasteiger partial charge in [-0.15, -0.1) is 11.3 Å². The molecule has 0 fully saturated rings. The molecule has 7 heteroatoms. The summed E-state index contributed by atoms with van der Waals surface area (Å²) in [5.74, 6) is -0.626. The van der Waals surface area contributed by atoms with Crippen molar-refractivity contribution in [1.82, 2.24) is 9.97 Å². The smallest absolute Gasteiger partial charge is 0.337 e. The van der Waals surface area contributed by atoms with E-state index in [9.17, 15) is 4.79 Å². The van der Waals surface area contributed by atoms with Crippen molar-refractivity contribution in [3.8, 4) is 0 Å². The molecule has 2 rings (SSSR count). The molecule has 0 bridgehead atoms. The molecule has 2 aromatic heterocycles. The number of aromatic nitrogens is 2. The van der Waals surface area contributed by atoms with Gasteiger partial charge in [0.1, 0.15) is 5.82 Å². The first-order valence-electron chi connectivity index (χ1n) is 5.49. The van der Waals surface area contributed by atoms with Crippen LogP contribution < -0.4 is 4.90 Å². The summed E-state index contributed by atoms with van der Waals surface area (Å²) in [7, 11) is 1.80. The van der Waals surface area contributed by atoms with Gasteiger partial charge in [0, 0.05) is 18.6 Å².